The largest absolute Gasteiger partial charge is 0.310 e. The molecule has 19 heavy (non-hydrogen) atoms. The normalized spacial score (nSPS) is 12.3. The maximum Gasteiger partial charge on any atom is 0.0376 e. The van der Waals surface area contributed by atoms with Gasteiger partial charge in [0.15, 0.2) is 0 Å². The van der Waals surface area contributed by atoms with E-state index in [9.17, 15) is 0 Å². The summed E-state index contributed by atoms with van der Waals surface area (Å²) in [5, 5.41) is 3.60. The van der Waals surface area contributed by atoms with E-state index >= 15 is 0 Å². The van der Waals surface area contributed by atoms with Crippen LogP contribution in [0.4, 0.5) is 0 Å². The maximum absolute atomic E-state index is 4.30. The van der Waals surface area contributed by atoms with E-state index in [4.69, 9.17) is 0 Å². The van der Waals surface area contributed by atoms with Crippen LogP contribution in [0.3, 0.4) is 0 Å². The molecule has 0 aliphatic heterocycles. The van der Waals surface area contributed by atoms with Crippen LogP contribution in [0, 0.1) is 6.92 Å². The molecule has 0 fully saturated rings. The monoisotopic (exact) mass is 255 g/mol. The lowest BCUT2D eigenvalue weighted by atomic mass is 10.00. The predicted octanol–water partition coefficient (Wildman–Crippen LogP) is 3.07. The molecule has 0 saturated heterocycles. The molecule has 2 aromatic heterocycles. The van der Waals surface area contributed by atoms with E-state index in [0.717, 1.165) is 19.4 Å². The lowest BCUT2D eigenvalue weighted by Crippen LogP contribution is -2.24. The molecule has 0 amide bonds. The lowest BCUT2D eigenvalue weighted by Gasteiger charge is -2.19. The van der Waals surface area contributed by atoms with E-state index in [1.807, 2.05) is 24.8 Å². The first kappa shape index (κ1) is 13.7. The van der Waals surface area contributed by atoms with Crippen molar-refractivity contribution in [3.8, 4) is 0 Å². The Morgan fingerprint density at radius 3 is 2.63 bits per heavy atom. The molecule has 0 saturated carbocycles. The standard InChI is InChI=1S/C16H21N3/c1-3-6-19-16(10-14-4-7-17-8-5-14)15-9-13(2)11-18-12-15/h4-5,7-9,11-12,16,19H,3,6,10H2,1-2H3. The van der Waals surface area contributed by atoms with Crippen LogP contribution in [-0.2, 0) is 6.42 Å². The Morgan fingerprint density at radius 1 is 1.16 bits per heavy atom. The molecule has 1 N–H and O–H groups in total. The second-order valence-electron chi connectivity index (χ2n) is 4.86. The van der Waals surface area contributed by atoms with Gasteiger partial charge >= 0.3 is 0 Å². The maximum atomic E-state index is 4.30. The number of pyridine rings is 2. The van der Waals surface area contributed by atoms with Crippen molar-refractivity contribution in [2.75, 3.05) is 6.54 Å². The van der Waals surface area contributed by atoms with Crippen molar-refractivity contribution in [1.29, 1.82) is 0 Å². The summed E-state index contributed by atoms with van der Waals surface area (Å²) in [7, 11) is 0. The molecule has 0 aromatic carbocycles. The predicted molar refractivity (Wildman–Crippen MR) is 77.9 cm³/mol. The Morgan fingerprint density at radius 2 is 1.95 bits per heavy atom. The van der Waals surface area contributed by atoms with Gasteiger partial charge < -0.3 is 5.32 Å². The van der Waals surface area contributed by atoms with Crippen molar-refractivity contribution < 1.29 is 0 Å². The molecule has 2 heterocycles. The Kier molecular flexibility index (Phi) is 5.04. The average molecular weight is 255 g/mol. The zero-order chi connectivity index (χ0) is 13.5. The fourth-order valence-electron chi connectivity index (χ4n) is 2.15. The van der Waals surface area contributed by atoms with Crippen LogP contribution < -0.4 is 5.32 Å². The molecule has 3 nitrogen and oxygen atoms in total. The second-order valence-corrected chi connectivity index (χ2v) is 4.86. The number of hydrogen-bond acceptors (Lipinski definition) is 3. The molecule has 100 valence electrons. The van der Waals surface area contributed by atoms with Crippen molar-refractivity contribution in [2.24, 2.45) is 0 Å². The first-order valence-corrected chi connectivity index (χ1v) is 6.83. The molecule has 0 radical (unpaired) electrons. The number of aromatic nitrogens is 2. The number of nitrogens with one attached hydrogen (secondary N) is 1. The van der Waals surface area contributed by atoms with Crippen molar-refractivity contribution in [1.82, 2.24) is 15.3 Å². The summed E-state index contributed by atoms with van der Waals surface area (Å²) >= 11 is 0. The van der Waals surface area contributed by atoms with Gasteiger partial charge in [0.25, 0.3) is 0 Å². The van der Waals surface area contributed by atoms with Crippen LogP contribution in [0.25, 0.3) is 0 Å². The molecule has 0 aliphatic carbocycles. The first-order valence-electron chi connectivity index (χ1n) is 6.83. The SMILES string of the molecule is CCCNC(Cc1ccncc1)c1cncc(C)c1. The van der Waals surface area contributed by atoms with Gasteiger partial charge in [-0.1, -0.05) is 13.0 Å². The fourth-order valence-corrected chi connectivity index (χ4v) is 2.15. The number of aryl methyl sites for hydroxylation is 1. The smallest absolute Gasteiger partial charge is 0.0376 e. The minimum atomic E-state index is 0.315. The highest BCUT2D eigenvalue weighted by Crippen LogP contribution is 2.18. The van der Waals surface area contributed by atoms with E-state index in [1.54, 1.807) is 0 Å². The Bertz CT molecular complexity index is 496. The molecule has 0 aliphatic rings. The van der Waals surface area contributed by atoms with Crippen LogP contribution in [0.2, 0.25) is 0 Å². The van der Waals surface area contributed by atoms with E-state index < -0.39 is 0 Å². The highest BCUT2D eigenvalue weighted by molar-refractivity contribution is 5.23. The zero-order valence-corrected chi connectivity index (χ0v) is 11.6. The lowest BCUT2D eigenvalue weighted by molar-refractivity contribution is 0.527. The quantitative estimate of drug-likeness (QED) is 0.862. The Balaban J connectivity index is 2.16. The van der Waals surface area contributed by atoms with Gasteiger partial charge in [0, 0.05) is 30.8 Å². The average Bonchev–Trinajstić information content (AvgIpc) is 2.44. The fraction of sp³-hybridized carbons (Fsp3) is 0.375. The van der Waals surface area contributed by atoms with Crippen molar-refractivity contribution in [3.05, 3.63) is 59.7 Å². The molecule has 2 rings (SSSR count). The summed E-state index contributed by atoms with van der Waals surface area (Å²) in [6, 6.07) is 6.67. The van der Waals surface area contributed by atoms with Crippen LogP contribution in [0.1, 0.15) is 36.1 Å². The van der Waals surface area contributed by atoms with Crippen LogP contribution in [0.15, 0.2) is 43.0 Å². The highest BCUT2D eigenvalue weighted by atomic mass is 14.9. The summed E-state index contributed by atoms with van der Waals surface area (Å²) in [6.07, 6.45) is 9.65. The van der Waals surface area contributed by atoms with Gasteiger partial charge in [-0.15, -0.1) is 0 Å². The Hall–Kier alpha value is -1.74. The van der Waals surface area contributed by atoms with Gasteiger partial charge in [-0.3, -0.25) is 9.97 Å². The van der Waals surface area contributed by atoms with E-state index in [1.165, 1.54) is 16.7 Å². The van der Waals surface area contributed by atoms with Crippen molar-refractivity contribution in [3.63, 3.8) is 0 Å². The number of rotatable bonds is 6. The third-order valence-corrected chi connectivity index (χ3v) is 3.13. The summed E-state index contributed by atoms with van der Waals surface area (Å²) in [6.45, 7) is 5.29. The number of hydrogen-bond donors (Lipinski definition) is 1. The zero-order valence-electron chi connectivity index (χ0n) is 11.6. The van der Waals surface area contributed by atoms with Crippen LogP contribution >= 0.6 is 0 Å². The van der Waals surface area contributed by atoms with Gasteiger partial charge in [0.05, 0.1) is 0 Å². The van der Waals surface area contributed by atoms with E-state index in [-0.39, 0.29) is 0 Å². The van der Waals surface area contributed by atoms with Gasteiger partial charge in [-0.2, -0.15) is 0 Å². The Labute approximate surface area is 115 Å². The first-order chi connectivity index (χ1) is 9.29. The molecule has 1 atom stereocenters. The van der Waals surface area contributed by atoms with Gasteiger partial charge in [0.1, 0.15) is 0 Å². The summed E-state index contributed by atoms with van der Waals surface area (Å²) in [5.74, 6) is 0. The third-order valence-electron chi connectivity index (χ3n) is 3.13. The van der Waals surface area contributed by atoms with Gasteiger partial charge in [-0.25, -0.2) is 0 Å². The minimum Gasteiger partial charge on any atom is -0.310 e. The molecule has 0 spiro atoms. The molecular weight excluding hydrogens is 234 g/mol. The highest BCUT2D eigenvalue weighted by Gasteiger charge is 2.12. The topological polar surface area (TPSA) is 37.8 Å². The summed E-state index contributed by atoms with van der Waals surface area (Å²) in [5.41, 5.74) is 3.76. The molecule has 3 heteroatoms. The van der Waals surface area contributed by atoms with Crippen LogP contribution in [-0.4, -0.2) is 16.5 Å². The van der Waals surface area contributed by atoms with Crippen molar-refractivity contribution in [2.45, 2.75) is 32.7 Å². The van der Waals surface area contributed by atoms with Crippen LogP contribution in [0.5, 0.6) is 0 Å². The van der Waals surface area contributed by atoms with E-state index in [2.05, 4.69) is 47.3 Å². The molecule has 2 aromatic rings. The minimum absolute atomic E-state index is 0.315. The van der Waals surface area contributed by atoms with Gasteiger partial charge in [-0.05, 0) is 55.1 Å². The summed E-state index contributed by atoms with van der Waals surface area (Å²) < 4.78 is 0. The number of nitrogens with zero attached hydrogens (tertiary/aromatic N) is 2. The third kappa shape index (κ3) is 4.14. The molecule has 0 bridgehead atoms. The second kappa shape index (κ2) is 7.00. The molecular formula is C16H21N3. The van der Waals surface area contributed by atoms with E-state index in [0.29, 0.717) is 6.04 Å². The molecule has 1 unspecified atom stereocenters. The van der Waals surface area contributed by atoms with Crippen molar-refractivity contribution >= 4 is 0 Å². The summed E-state index contributed by atoms with van der Waals surface area (Å²) in [4.78, 5) is 8.37. The van der Waals surface area contributed by atoms with Gasteiger partial charge in [0.2, 0.25) is 0 Å².